The number of amides is 1. The van der Waals surface area contributed by atoms with E-state index in [-0.39, 0.29) is 11.9 Å². The molecule has 3 nitrogen and oxygen atoms in total. The number of allylic oxidation sites excluding steroid dienone is 1. The van der Waals surface area contributed by atoms with E-state index in [0.717, 1.165) is 31.5 Å². The van der Waals surface area contributed by atoms with E-state index >= 15 is 0 Å². The third kappa shape index (κ3) is 1.60. The minimum atomic E-state index is -0.236. The van der Waals surface area contributed by atoms with Crippen molar-refractivity contribution in [1.82, 2.24) is 4.90 Å². The highest BCUT2D eigenvalue weighted by atomic mass is 16.1. The highest BCUT2D eigenvalue weighted by Gasteiger charge is 2.25. The second-order valence-electron chi connectivity index (χ2n) is 3.19. The van der Waals surface area contributed by atoms with Crippen LogP contribution in [-0.2, 0) is 4.79 Å². The van der Waals surface area contributed by atoms with E-state index < -0.39 is 0 Å². The van der Waals surface area contributed by atoms with E-state index in [0.29, 0.717) is 0 Å². The van der Waals surface area contributed by atoms with Gasteiger partial charge in [0.05, 0.1) is 0 Å². The summed E-state index contributed by atoms with van der Waals surface area (Å²) in [6.45, 7) is 6.81. The highest BCUT2D eigenvalue weighted by Crippen LogP contribution is 2.22. The van der Waals surface area contributed by atoms with E-state index in [1.54, 1.807) is 0 Å². The number of rotatable bonds is 3. The molecule has 3 heteroatoms. The third-order valence-electron chi connectivity index (χ3n) is 2.36. The van der Waals surface area contributed by atoms with Crippen LogP contribution in [-0.4, -0.2) is 23.4 Å². The zero-order valence-electron chi connectivity index (χ0n) is 7.55. The fourth-order valence-electron chi connectivity index (χ4n) is 1.71. The Hall–Kier alpha value is -0.990. The van der Waals surface area contributed by atoms with Gasteiger partial charge in [0, 0.05) is 12.2 Å². The van der Waals surface area contributed by atoms with Gasteiger partial charge in [0.15, 0.2) is 0 Å². The second kappa shape index (κ2) is 3.61. The van der Waals surface area contributed by atoms with E-state index in [4.69, 9.17) is 5.73 Å². The molecule has 12 heavy (non-hydrogen) atoms. The maximum atomic E-state index is 11.0. The quantitative estimate of drug-likeness (QED) is 0.679. The molecule has 68 valence electrons. The Morgan fingerprint density at radius 2 is 2.50 bits per heavy atom. The van der Waals surface area contributed by atoms with Gasteiger partial charge in [0.1, 0.15) is 6.04 Å². The van der Waals surface area contributed by atoms with Crippen LogP contribution in [0, 0.1) is 0 Å². The topological polar surface area (TPSA) is 46.3 Å². The molecule has 0 bridgehead atoms. The molecule has 1 aliphatic rings. The fourth-order valence-corrected chi connectivity index (χ4v) is 1.71. The summed E-state index contributed by atoms with van der Waals surface area (Å²) in [5, 5.41) is 0. The molecule has 0 radical (unpaired) electrons. The van der Waals surface area contributed by atoms with Gasteiger partial charge in [-0.15, -0.1) is 0 Å². The van der Waals surface area contributed by atoms with Crippen LogP contribution < -0.4 is 5.73 Å². The van der Waals surface area contributed by atoms with Crippen LogP contribution in [0.3, 0.4) is 0 Å². The van der Waals surface area contributed by atoms with E-state index in [1.165, 1.54) is 0 Å². The first kappa shape index (κ1) is 9.10. The lowest BCUT2D eigenvalue weighted by Gasteiger charge is -2.26. The Labute approximate surface area is 73.2 Å². The SMILES string of the molecule is C=C1CCCN1C(CC)C(N)=O. The summed E-state index contributed by atoms with van der Waals surface area (Å²) in [6.07, 6.45) is 2.88. The molecule has 1 aliphatic heterocycles. The Bertz CT molecular complexity index is 201. The maximum absolute atomic E-state index is 11.0. The Morgan fingerprint density at radius 3 is 2.83 bits per heavy atom. The molecule has 1 atom stereocenters. The summed E-state index contributed by atoms with van der Waals surface area (Å²) in [7, 11) is 0. The van der Waals surface area contributed by atoms with E-state index in [1.807, 2.05) is 11.8 Å². The standard InChI is InChI=1S/C9H16N2O/c1-3-8(9(10)12)11-6-4-5-7(11)2/h8H,2-6H2,1H3,(H2,10,12). The zero-order valence-corrected chi connectivity index (χ0v) is 7.55. The lowest BCUT2D eigenvalue weighted by Crippen LogP contribution is -2.41. The molecule has 0 spiro atoms. The van der Waals surface area contributed by atoms with Crippen LogP contribution in [0.25, 0.3) is 0 Å². The molecular weight excluding hydrogens is 152 g/mol. The van der Waals surface area contributed by atoms with Crippen LogP contribution in [0.5, 0.6) is 0 Å². The molecule has 2 N–H and O–H groups in total. The van der Waals surface area contributed by atoms with Crippen LogP contribution in [0.4, 0.5) is 0 Å². The first-order valence-electron chi connectivity index (χ1n) is 4.40. The second-order valence-corrected chi connectivity index (χ2v) is 3.19. The van der Waals surface area contributed by atoms with Crippen molar-refractivity contribution >= 4 is 5.91 Å². The summed E-state index contributed by atoms with van der Waals surface area (Å²) in [5.74, 6) is -0.236. The molecule has 0 aliphatic carbocycles. The number of nitrogens with zero attached hydrogens (tertiary/aromatic N) is 1. The summed E-state index contributed by atoms with van der Waals surface area (Å²) >= 11 is 0. The molecule has 1 rings (SSSR count). The van der Waals surface area contributed by atoms with Crippen molar-refractivity contribution in [1.29, 1.82) is 0 Å². The van der Waals surface area contributed by atoms with Gasteiger partial charge in [-0.05, 0) is 19.3 Å². The molecular formula is C9H16N2O. The lowest BCUT2D eigenvalue weighted by molar-refractivity contribution is -0.122. The molecule has 1 heterocycles. The van der Waals surface area contributed by atoms with Gasteiger partial charge in [-0.2, -0.15) is 0 Å². The third-order valence-corrected chi connectivity index (χ3v) is 2.36. The van der Waals surface area contributed by atoms with Crippen molar-refractivity contribution < 1.29 is 4.79 Å². The number of nitrogens with two attached hydrogens (primary N) is 1. The summed E-state index contributed by atoms with van der Waals surface area (Å²) in [5.41, 5.74) is 6.32. The van der Waals surface area contributed by atoms with Gasteiger partial charge in [-0.3, -0.25) is 4.79 Å². The molecule has 1 saturated heterocycles. The summed E-state index contributed by atoms with van der Waals surface area (Å²) < 4.78 is 0. The number of likely N-dealkylation sites (tertiary alicyclic amines) is 1. The fraction of sp³-hybridized carbons (Fsp3) is 0.667. The molecule has 0 saturated carbocycles. The maximum Gasteiger partial charge on any atom is 0.240 e. The van der Waals surface area contributed by atoms with Gasteiger partial charge in [-0.25, -0.2) is 0 Å². The van der Waals surface area contributed by atoms with Crippen molar-refractivity contribution in [3.8, 4) is 0 Å². The number of carbonyl (C=O) groups excluding carboxylic acids is 1. The first-order valence-corrected chi connectivity index (χ1v) is 4.40. The number of hydrogen-bond donors (Lipinski definition) is 1. The Balaban J connectivity index is 2.65. The van der Waals surface area contributed by atoms with Crippen molar-refractivity contribution in [3.05, 3.63) is 12.3 Å². The Kier molecular flexibility index (Phi) is 2.74. The minimum absolute atomic E-state index is 0.139. The summed E-state index contributed by atoms with van der Waals surface area (Å²) in [4.78, 5) is 13.0. The van der Waals surface area contributed by atoms with Crippen LogP contribution in [0.1, 0.15) is 26.2 Å². The van der Waals surface area contributed by atoms with E-state index in [2.05, 4.69) is 6.58 Å². The molecule has 1 fully saturated rings. The average Bonchev–Trinajstić information content (AvgIpc) is 2.38. The van der Waals surface area contributed by atoms with Gasteiger partial charge in [-0.1, -0.05) is 13.5 Å². The predicted octanol–water partition coefficient (Wildman–Crippen LogP) is 0.860. The molecule has 0 aromatic carbocycles. The summed E-state index contributed by atoms with van der Waals surface area (Å²) in [6, 6.07) is -0.139. The van der Waals surface area contributed by atoms with Crippen molar-refractivity contribution in [2.45, 2.75) is 32.2 Å². The van der Waals surface area contributed by atoms with E-state index in [9.17, 15) is 4.79 Å². The Morgan fingerprint density at radius 1 is 1.83 bits per heavy atom. The highest BCUT2D eigenvalue weighted by molar-refractivity contribution is 5.80. The van der Waals surface area contributed by atoms with Crippen LogP contribution in [0.2, 0.25) is 0 Å². The van der Waals surface area contributed by atoms with Crippen molar-refractivity contribution in [3.63, 3.8) is 0 Å². The van der Waals surface area contributed by atoms with Crippen molar-refractivity contribution in [2.75, 3.05) is 6.54 Å². The van der Waals surface area contributed by atoms with Gasteiger partial charge < -0.3 is 10.6 Å². The minimum Gasteiger partial charge on any atom is -0.368 e. The molecule has 0 aromatic heterocycles. The number of primary amides is 1. The molecule has 0 aromatic rings. The largest absolute Gasteiger partial charge is 0.368 e. The first-order chi connectivity index (χ1) is 5.66. The monoisotopic (exact) mass is 168 g/mol. The predicted molar refractivity (Wildman–Crippen MR) is 48.4 cm³/mol. The zero-order chi connectivity index (χ0) is 9.14. The van der Waals surface area contributed by atoms with Crippen molar-refractivity contribution in [2.24, 2.45) is 5.73 Å². The number of carbonyl (C=O) groups is 1. The molecule has 1 amide bonds. The molecule has 1 unspecified atom stereocenters. The smallest absolute Gasteiger partial charge is 0.240 e. The number of hydrogen-bond acceptors (Lipinski definition) is 2. The van der Waals surface area contributed by atoms with Gasteiger partial charge in [0.2, 0.25) is 5.91 Å². The average molecular weight is 168 g/mol. The van der Waals surface area contributed by atoms with Crippen LogP contribution >= 0.6 is 0 Å². The van der Waals surface area contributed by atoms with Gasteiger partial charge >= 0.3 is 0 Å². The normalized spacial score (nSPS) is 19.8. The van der Waals surface area contributed by atoms with Gasteiger partial charge in [0.25, 0.3) is 0 Å². The lowest BCUT2D eigenvalue weighted by atomic mass is 10.2. The van der Waals surface area contributed by atoms with Crippen LogP contribution in [0.15, 0.2) is 12.3 Å².